The van der Waals surface area contributed by atoms with Gasteiger partial charge < -0.3 is 4.74 Å². The van der Waals surface area contributed by atoms with Gasteiger partial charge in [-0.1, -0.05) is 60.3 Å². The van der Waals surface area contributed by atoms with Crippen molar-refractivity contribution in [3.05, 3.63) is 71.9 Å². The maximum Gasteiger partial charge on any atom is 0.188 e. The third kappa shape index (κ3) is 3.90. The van der Waals surface area contributed by atoms with Crippen LogP contribution in [0.25, 0.3) is 11.3 Å². The molecule has 0 N–H and O–H groups in total. The fourth-order valence-corrected chi connectivity index (χ4v) is 3.22. The lowest BCUT2D eigenvalue weighted by Gasteiger charge is -2.08. The SMILES string of the molecule is COc1ccccc1CSc1nc(C)cc(-c2ccccc2)n1. The molecule has 3 rings (SSSR count). The fraction of sp³-hybridized carbons (Fsp3) is 0.158. The number of thioether (sulfide) groups is 1. The molecule has 0 spiro atoms. The number of aromatic nitrogens is 2. The van der Waals surface area contributed by atoms with Crippen LogP contribution >= 0.6 is 11.8 Å². The van der Waals surface area contributed by atoms with Crippen molar-refractivity contribution in [2.24, 2.45) is 0 Å². The highest BCUT2D eigenvalue weighted by Gasteiger charge is 2.07. The second kappa shape index (κ2) is 7.29. The number of aryl methyl sites for hydroxylation is 1. The molecular weight excluding hydrogens is 304 g/mol. The maximum atomic E-state index is 5.40. The molecule has 0 bridgehead atoms. The third-order valence-electron chi connectivity index (χ3n) is 3.45. The van der Waals surface area contributed by atoms with Gasteiger partial charge in [0.05, 0.1) is 12.8 Å². The molecule has 0 atom stereocenters. The lowest BCUT2D eigenvalue weighted by molar-refractivity contribution is 0.411. The molecule has 2 aromatic carbocycles. The van der Waals surface area contributed by atoms with Crippen molar-refractivity contribution in [1.82, 2.24) is 9.97 Å². The van der Waals surface area contributed by atoms with E-state index in [0.717, 1.165) is 39.2 Å². The Labute approximate surface area is 140 Å². The molecule has 0 fully saturated rings. The Morgan fingerprint density at radius 3 is 2.48 bits per heavy atom. The van der Waals surface area contributed by atoms with Crippen LogP contribution in [0.1, 0.15) is 11.3 Å². The zero-order valence-corrected chi connectivity index (χ0v) is 14.0. The first-order valence-electron chi connectivity index (χ1n) is 7.42. The molecule has 3 aromatic rings. The summed E-state index contributed by atoms with van der Waals surface area (Å²) < 4.78 is 5.40. The van der Waals surface area contributed by atoms with Crippen molar-refractivity contribution in [3.8, 4) is 17.0 Å². The number of benzene rings is 2. The molecule has 0 aliphatic rings. The van der Waals surface area contributed by atoms with Crippen LogP contribution in [0.15, 0.2) is 65.8 Å². The van der Waals surface area contributed by atoms with Crippen LogP contribution in [0, 0.1) is 6.92 Å². The predicted octanol–water partition coefficient (Wildman–Crippen LogP) is 4.75. The molecule has 4 heteroatoms. The molecule has 23 heavy (non-hydrogen) atoms. The van der Waals surface area contributed by atoms with Gasteiger partial charge in [-0.3, -0.25) is 0 Å². The zero-order valence-electron chi connectivity index (χ0n) is 13.2. The fourth-order valence-electron chi connectivity index (χ4n) is 2.33. The zero-order chi connectivity index (χ0) is 16.1. The summed E-state index contributed by atoms with van der Waals surface area (Å²) in [5.74, 6) is 1.68. The number of rotatable bonds is 5. The minimum absolute atomic E-state index is 0.779. The lowest BCUT2D eigenvalue weighted by atomic mass is 10.1. The van der Waals surface area contributed by atoms with E-state index in [9.17, 15) is 0 Å². The Kier molecular flexibility index (Phi) is 4.93. The summed E-state index contributed by atoms with van der Waals surface area (Å²) in [6.07, 6.45) is 0. The summed E-state index contributed by atoms with van der Waals surface area (Å²) >= 11 is 1.62. The van der Waals surface area contributed by atoms with E-state index in [1.165, 1.54) is 0 Å². The van der Waals surface area contributed by atoms with E-state index in [0.29, 0.717) is 0 Å². The van der Waals surface area contributed by atoms with Gasteiger partial charge in [0.1, 0.15) is 5.75 Å². The Morgan fingerprint density at radius 1 is 0.957 bits per heavy atom. The van der Waals surface area contributed by atoms with Gasteiger partial charge in [-0.05, 0) is 19.1 Å². The molecule has 0 aliphatic heterocycles. The monoisotopic (exact) mass is 322 g/mol. The Hall–Kier alpha value is -2.33. The summed E-state index contributed by atoms with van der Waals surface area (Å²) in [6.45, 7) is 2.00. The number of hydrogen-bond donors (Lipinski definition) is 0. The summed E-state index contributed by atoms with van der Waals surface area (Å²) in [6, 6.07) is 20.2. The second-order valence-corrected chi connectivity index (χ2v) is 6.09. The van der Waals surface area contributed by atoms with Crippen molar-refractivity contribution in [2.45, 2.75) is 17.8 Å². The molecule has 3 nitrogen and oxygen atoms in total. The average molecular weight is 322 g/mol. The predicted molar refractivity (Wildman–Crippen MR) is 94.8 cm³/mol. The number of para-hydroxylation sites is 1. The minimum Gasteiger partial charge on any atom is -0.496 e. The van der Waals surface area contributed by atoms with Gasteiger partial charge in [0.2, 0.25) is 0 Å². The molecule has 0 unspecified atom stereocenters. The molecule has 0 amide bonds. The molecule has 0 saturated carbocycles. The molecule has 1 heterocycles. The number of hydrogen-bond acceptors (Lipinski definition) is 4. The number of nitrogens with zero attached hydrogens (tertiary/aromatic N) is 2. The van der Waals surface area contributed by atoms with E-state index in [1.807, 2.05) is 49.4 Å². The molecule has 1 aromatic heterocycles. The van der Waals surface area contributed by atoms with Gasteiger partial charge in [0, 0.05) is 22.6 Å². The standard InChI is InChI=1S/C19H18N2OS/c1-14-12-17(15-8-4-3-5-9-15)21-19(20-14)23-13-16-10-6-7-11-18(16)22-2/h3-12H,13H2,1-2H3. The summed E-state index contributed by atoms with van der Waals surface area (Å²) in [5.41, 5.74) is 4.19. The van der Waals surface area contributed by atoms with Gasteiger partial charge in [-0.15, -0.1) is 0 Å². The Balaban J connectivity index is 1.82. The highest BCUT2D eigenvalue weighted by Crippen LogP contribution is 2.27. The van der Waals surface area contributed by atoms with E-state index in [-0.39, 0.29) is 0 Å². The minimum atomic E-state index is 0.779. The summed E-state index contributed by atoms with van der Waals surface area (Å²) in [7, 11) is 1.69. The Bertz CT molecular complexity index is 790. The van der Waals surface area contributed by atoms with Crippen LogP contribution in [0.4, 0.5) is 0 Å². The van der Waals surface area contributed by atoms with Crippen molar-refractivity contribution in [1.29, 1.82) is 0 Å². The van der Waals surface area contributed by atoms with Crippen LogP contribution in [0.3, 0.4) is 0 Å². The van der Waals surface area contributed by atoms with Gasteiger partial charge >= 0.3 is 0 Å². The van der Waals surface area contributed by atoms with Crippen molar-refractivity contribution < 1.29 is 4.74 Å². The van der Waals surface area contributed by atoms with Gasteiger partial charge in [-0.25, -0.2) is 9.97 Å². The Morgan fingerprint density at radius 2 is 1.70 bits per heavy atom. The number of methoxy groups -OCH3 is 1. The van der Waals surface area contributed by atoms with E-state index >= 15 is 0 Å². The maximum absolute atomic E-state index is 5.40. The van der Waals surface area contributed by atoms with Gasteiger partial charge in [-0.2, -0.15) is 0 Å². The van der Waals surface area contributed by atoms with E-state index in [1.54, 1.807) is 18.9 Å². The first kappa shape index (κ1) is 15.6. The van der Waals surface area contributed by atoms with Crippen LogP contribution in [-0.2, 0) is 5.75 Å². The van der Waals surface area contributed by atoms with E-state index < -0.39 is 0 Å². The van der Waals surface area contributed by atoms with Crippen molar-refractivity contribution in [2.75, 3.05) is 7.11 Å². The smallest absolute Gasteiger partial charge is 0.188 e. The lowest BCUT2D eigenvalue weighted by Crippen LogP contribution is -1.95. The third-order valence-corrected chi connectivity index (χ3v) is 4.35. The van der Waals surface area contributed by atoms with E-state index in [2.05, 4.69) is 28.2 Å². The van der Waals surface area contributed by atoms with Gasteiger partial charge in [0.25, 0.3) is 0 Å². The van der Waals surface area contributed by atoms with Crippen LogP contribution < -0.4 is 4.74 Å². The normalized spacial score (nSPS) is 10.5. The molecule has 0 radical (unpaired) electrons. The average Bonchev–Trinajstić information content (AvgIpc) is 2.60. The number of ether oxygens (including phenoxy) is 1. The quantitative estimate of drug-likeness (QED) is 0.501. The van der Waals surface area contributed by atoms with Crippen LogP contribution in [0.5, 0.6) is 5.75 Å². The largest absolute Gasteiger partial charge is 0.496 e. The first-order valence-corrected chi connectivity index (χ1v) is 8.40. The van der Waals surface area contributed by atoms with Crippen LogP contribution in [-0.4, -0.2) is 17.1 Å². The second-order valence-electron chi connectivity index (χ2n) is 5.14. The highest BCUT2D eigenvalue weighted by molar-refractivity contribution is 7.98. The molecule has 0 saturated heterocycles. The first-order chi connectivity index (χ1) is 11.3. The van der Waals surface area contributed by atoms with Crippen molar-refractivity contribution in [3.63, 3.8) is 0 Å². The molecular formula is C19H18N2OS. The highest BCUT2D eigenvalue weighted by atomic mass is 32.2. The van der Waals surface area contributed by atoms with Gasteiger partial charge in [0.15, 0.2) is 5.16 Å². The topological polar surface area (TPSA) is 35.0 Å². The van der Waals surface area contributed by atoms with E-state index in [4.69, 9.17) is 4.74 Å². The van der Waals surface area contributed by atoms with Crippen LogP contribution in [0.2, 0.25) is 0 Å². The summed E-state index contributed by atoms with van der Waals surface area (Å²) in [4.78, 5) is 9.23. The van der Waals surface area contributed by atoms with Crippen molar-refractivity contribution >= 4 is 11.8 Å². The molecule has 116 valence electrons. The molecule has 0 aliphatic carbocycles. The summed E-state index contributed by atoms with van der Waals surface area (Å²) in [5, 5.41) is 0.787.